The second kappa shape index (κ2) is 7.44. The molecule has 2 aliphatic rings. The Morgan fingerprint density at radius 2 is 2.08 bits per heavy atom. The number of benzene rings is 1. The van der Waals surface area contributed by atoms with Crippen molar-refractivity contribution < 1.29 is 14.3 Å². The van der Waals surface area contributed by atoms with E-state index in [1.165, 1.54) is 0 Å². The molecule has 0 bridgehead atoms. The van der Waals surface area contributed by atoms with Crippen molar-refractivity contribution in [3.05, 3.63) is 23.8 Å². The van der Waals surface area contributed by atoms with E-state index < -0.39 is 0 Å². The monoisotopic (exact) mass is 345 g/mol. The van der Waals surface area contributed by atoms with Crippen LogP contribution < -0.4 is 15.4 Å². The topological polar surface area (TPSA) is 75.9 Å². The third-order valence-electron chi connectivity index (χ3n) is 5.22. The molecule has 0 saturated carbocycles. The van der Waals surface area contributed by atoms with Crippen LogP contribution in [0.2, 0.25) is 0 Å². The molecule has 1 unspecified atom stereocenters. The van der Waals surface area contributed by atoms with E-state index in [4.69, 9.17) is 10.5 Å². The lowest BCUT2D eigenvalue weighted by Gasteiger charge is -2.34. The fourth-order valence-electron chi connectivity index (χ4n) is 3.35. The smallest absolute Gasteiger partial charge is 0.265 e. The maximum absolute atomic E-state index is 12.7. The molecule has 6 nitrogen and oxygen atoms in total. The molecule has 3 rings (SSSR count). The minimum atomic E-state index is -0.187. The number of hydrogen-bond donors (Lipinski definition) is 1. The first kappa shape index (κ1) is 17.7. The summed E-state index contributed by atoms with van der Waals surface area (Å²) < 4.78 is 5.52. The summed E-state index contributed by atoms with van der Waals surface area (Å²) >= 11 is 0. The maximum atomic E-state index is 12.7. The summed E-state index contributed by atoms with van der Waals surface area (Å²) in [6.45, 7) is 5.80. The van der Waals surface area contributed by atoms with Crippen molar-refractivity contribution in [1.82, 2.24) is 4.90 Å². The van der Waals surface area contributed by atoms with Crippen LogP contribution >= 0.6 is 0 Å². The Labute approximate surface area is 148 Å². The molecular formula is C19H27N3O3. The van der Waals surface area contributed by atoms with Crippen LogP contribution in [0, 0.1) is 5.92 Å². The first-order valence-electron chi connectivity index (χ1n) is 9.10. The molecule has 136 valence electrons. The second-order valence-electron chi connectivity index (χ2n) is 7.07. The number of ether oxygens (including phenoxy) is 1. The van der Waals surface area contributed by atoms with E-state index in [9.17, 15) is 9.59 Å². The Hall–Kier alpha value is -2.08. The van der Waals surface area contributed by atoms with Crippen LogP contribution in [-0.2, 0) is 9.59 Å². The zero-order valence-corrected chi connectivity index (χ0v) is 15.0. The molecule has 1 saturated heterocycles. The van der Waals surface area contributed by atoms with Gasteiger partial charge in [-0.25, -0.2) is 0 Å². The zero-order valence-electron chi connectivity index (χ0n) is 15.0. The van der Waals surface area contributed by atoms with Gasteiger partial charge in [-0.3, -0.25) is 14.5 Å². The predicted octanol–water partition coefficient (Wildman–Crippen LogP) is 2.08. The number of fused-ring (bicyclic) bond motifs is 1. The van der Waals surface area contributed by atoms with Gasteiger partial charge in [0.1, 0.15) is 12.3 Å². The van der Waals surface area contributed by atoms with Gasteiger partial charge in [0.15, 0.2) is 6.61 Å². The number of nitrogens with two attached hydrogens (primary N) is 1. The fourth-order valence-corrected chi connectivity index (χ4v) is 3.35. The van der Waals surface area contributed by atoms with Gasteiger partial charge in [0.2, 0.25) is 5.91 Å². The van der Waals surface area contributed by atoms with Gasteiger partial charge in [-0.1, -0.05) is 19.9 Å². The molecule has 0 aliphatic carbocycles. The van der Waals surface area contributed by atoms with Crippen molar-refractivity contribution >= 4 is 17.5 Å². The molecule has 2 aliphatic heterocycles. The van der Waals surface area contributed by atoms with Gasteiger partial charge in [-0.2, -0.15) is 0 Å². The van der Waals surface area contributed by atoms with Gasteiger partial charge in [-0.15, -0.1) is 0 Å². The Morgan fingerprint density at radius 3 is 2.76 bits per heavy atom. The third-order valence-corrected chi connectivity index (χ3v) is 5.22. The van der Waals surface area contributed by atoms with Gasteiger partial charge >= 0.3 is 0 Å². The molecule has 1 fully saturated rings. The average molecular weight is 345 g/mol. The summed E-state index contributed by atoms with van der Waals surface area (Å²) in [6, 6.07) is 5.55. The lowest BCUT2D eigenvalue weighted by molar-refractivity contribution is -0.133. The number of rotatable bonds is 4. The van der Waals surface area contributed by atoms with E-state index >= 15 is 0 Å². The van der Waals surface area contributed by atoms with Gasteiger partial charge in [0, 0.05) is 19.1 Å². The molecule has 0 radical (unpaired) electrons. The summed E-state index contributed by atoms with van der Waals surface area (Å²) in [6.07, 6.45) is 2.85. The largest absolute Gasteiger partial charge is 0.482 e. The highest BCUT2D eigenvalue weighted by Gasteiger charge is 2.30. The molecule has 0 spiro atoms. The van der Waals surface area contributed by atoms with Crippen molar-refractivity contribution in [2.24, 2.45) is 11.7 Å². The number of likely N-dealkylation sites (tertiary alicyclic amines) is 1. The number of amides is 2. The third kappa shape index (κ3) is 3.79. The molecule has 1 atom stereocenters. The standard InChI is InChI=1S/C19H27N3O3/c1-3-15(20)14-4-5-17-16(10-14)22(19(24)12-25-17)11-18(23)21-8-6-13(2)7-9-21/h4-5,10,13,15H,3,6-9,11-12,20H2,1-2H3. The van der Waals surface area contributed by atoms with Crippen LogP contribution in [0.4, 0.5) is 5.69 Å². The van der Waals surface area contributed by atoms with E-state index in [0.29, 0.717) is 17.4 Å². The molecule has 1 aromatic rings. The van der Waals surface area contributed by atoms with Gasteiger partial charge in [0.05, 0.1) is 5.69 Å². The molecule has 1 aromatic carbocycles. The fraction of sp³-hybridized carbons (Fsp3) is 0.579. The number of nitrogens with zero attached hydrogens (tertiary/aromatic N) is 2. The minimum Gasteiger partial charge on any atom is -0.482 e. The van der Waals surface area contributed by atoms with E-state index in [0.717, 1.165) is 37.9 Å². The van der Waals surface area contributed by atoms with Gasteiger partial charge in [0.25, 0.3) is 5.91 Å². The summed E-state index contributed by atoms with van der Waals surface area (Å²) in [5.74, 6) is 1.10. The second-order valence-corrected chi connectivity index (χ2v) is 7.07. The van der Waals surface area contributed by atoms with Crippen molar-refractivity contribution in [2.75, 3.05) is 31.1 Å². The molecule has 25 heavy (non-hydrogen) atoms. The average Bonchev–Trinajstić information content (AvgIpc) is 2.63. The van der Waals surface area contributed by atoms with Crippen LogP contribution in [0.15, 0.2) is 18.2 Å². The van der Waals surface area contributed by atoms with Crippen LogP contribution in [0.1, 0.15) is 44.7 Å². The number of anilines is 1. The van der Waals surface area contributed by atoms with Crippen molar-refractivity contribution in [3.63, 3.8) is 0 Å². The molecule has 2 amide bonds. The predicted molar refractivity (Wildman–Crippen MR) is 96.5 cm³/mol. The van der Waals surface area contributed by atoms with E-state index in [1.54, 1.807) is 4.90 Å². The van der Waals surface area contributed by atoms with Gasteiger partial charge in [-0.05, 0) is 42.9 Å². The Balaban J connectivity index is 1.79. The summed E-state index contributed by atoms with van der Waals surface area (Å²) in [5.41, 5.74) is 7.72. The Kier molecular flexibility index (Phi) is 5.27. The summed E-state index contributed by atoms with van der Waals surface area (Å²) in [5, 5.41) is 0. The highest BCUT2D eigenvalue weighted by Crippen LogP contribution is 2.34. The van der Waals surface area contributed by atoms with Crippen LogP contribution in [0.25, 0.3) is 0 Å². The molecule has 0 aromatic heterocycles. The SMILES string of the molecule is CCC(N)c1ccc2c(c1)N(CC(=O)N1CCC(C)CC1)C(=O)CO2. The number of carbonyl (C=O) groups is 2. The first-order chi connectivity index (χ1) is 12.0. The lowest BCUT2D eigenvalue weighted by Crippen LogP contribution is -2.48. The van der Waals surface area contributed by atoms with Crippen LogP contribution in [-0.4, -0.2) is 43.0 Å². The number of carbonyl (C=O) groups excluding carboxylic acids is 2. The van der Waals surface area contributed by atoms with Crippen LogP contribution in [0.5, 0.6) is 5.75 Å². The quantitative estimate of drug-likeness (QED) is 0.906. The van der Waals surface area contributed by atoms with Gasteiger partial charge < -0.3 is 15.4 Å². The van der Waals surface area contributed by atoms with E-state index in [2.05, 4.69) is 6.92 Å². The molecular weight excluding hydrogens is 318 g/mol. The van der Waals surface area contributed by atoms with E-state index in [1.807, 2.05) is 30.0 Å². The summed E-state index contributed by atoms with van der Waals surface area (Å²) in [4.78, 5) is 28.5. The van der Waals surface area contributed by atoms with Crippen molar-refractivity contribution in [3.8, 4) is 5.75 Å². The lowest BCUT2D eigenvalue weighted by atomic mass is 9.99. The first-order valence-corrected chi connectivity index (χ1v) is 9.10. The molecule has 2 heterocycles. The minimum absolute atomic E-state index is 0.00158. The number of hydrogen-bond acceptors (Lipinski definition) is 4. The zero-order chi connectivity index (χ0) is 18.0. The highest BCUT2D eigenvalue weighted by atomic mass is 16.5. The Morgan fingerprint density at radius 1 is 1.36 bits per heavy atom. The maximum Gasteiger partial charge on any atom is 0.265 e. The van der Waals surface area contributed by atoms with Crippen molar-refractivity contribution in [1.29, 1.82) is 0 Å². The normalized spacial score (nSPS) is 19.4. The number of piperidine rings is 1. The van der Waals surface area contributed by atoms with Crippen molar-refractivity contribution in [2.45, 2.75) is 39.2 Å². The molecule has 6 heteroatoms. The molecule has 2 N–H and O–H groups in total. The van der Waals surface area contributed by atoms with E-state index in [-0.39, 0.29) is 31.0 Å². The van der Waals surface area contributed by atoms with Crippen LogP contribution in [0.3, 0.4) is 0 Å². The highest BCUT2D eigenvalue weighted by molar-refractivity contribution is 6.02. The Bertz CT molecular complexity index is 653. The summed E-state index contributed by atoms with van der Waals surface area (Å²) in [7, 11) is 0.